The average molecular weight is 387 g/mol. The van der Waals surface area contributed by atoms with Crippen molar-refractivity contribution in [2.75, 3.05) is 12.4 Å². The molecule has 0 unspecified atom stereocenters. The van der Waals surface area contributed by atoms with E-state index in [1.807, 2.05) is 60.7 Å². The van der Waals surface area contributed by atoms with Crippen molar-refractivity contribution >= 4 is 34.8 Å². The highest BCUT2D eigenvalue weighted by Crippen LogP contribution is 2.26. The van der Waals surface area contributed by atoms with Gasteiger partial charge in [0.1, 0.15) is 5.75 Å². The quantitative estimate of drug-likeness (QED) is 0.615. The molecule has 2 aromatic carbocycles. The molecule has 0 atom stereocenters. The molecule has 0 spiro atoms. The standard InChI is InChI=1S/C20H16Cl2N2O2/c1-26-16-10-8-13(9-11-16)17-6-3-7-18(24-17)14-4-2-5-15(12-14)23-20(25)19(21)22/h2-12,19H,1H3,(H,23,25). The van der Waals surface area contributed by atoms with Crippen molar-refractivity contribution < 1.29 is 9.53 Å². The normalized spacial score (nSPS) is 10.6. The molecule has 0 aliphatic rings. The average Bonchev–Trinajstić information content (AvgIpc) is 2.68. The Balaban J connectivity index is 1.89. The molecule has 1 aromatic heterocycles. The second-order valence-corrected chi connectivity index (χ2v) is 6.60. The number of ether oxygens (including phenoxy) is 1. The second-order valence-electron chi connectivity index (χ2n) is 5.51. The first kappa shape index (κ1) is 18.2. The Labute approximate surface area is 161 Å². The lowest BCUT2D eigenvalue weighted by atomic mass is 10.1. The summed E-state index contributed by atoms with van der Waals surface area (Å²) in [6.45, 7) is 0. The molecule has 1 N–H and O–H groups in total. The van der Waals surface area contributed by atoms with Gasteiger partial charge in [-0.2, -0.15) is 0 Å². The largest absolute Gasteiger partial charge is 0.497 e. The van der Waals surface area contributed by atoms with Gasteiger partial charge in [-0.1, -0.05) is 41.4 Å². The summed E-state index contributed by atoms with van der Waals surface area (Å²) in [5.74, 6) is 0.329. The molecule has 132 valence electrons. The zero-order chi connectivity index (χ0) is 18.5. The molecule has 1 heterocycles. The highest BCUT2D eigenvalue weighted by Gasteiger charge is 2.12. The predicted octanol–water partition coefficient (Wildman–Crippen LogP) is 5.17. The molecule has 0 saturated heterocycles. The number of rotatable bonds is 5. The summed E-state index contributed by atoms with van der Waals surface area (Å²) in [5, 5.41) is 2.67. The minimum Gasteiger partial charge on any atom is -0.497 e. The molecule has 0 fully saturated rings. The van der Waals surface area contributed by atoms with Crippen LogP contribution < -0.4 is 10.1 Å². The molecular weight excluding hydrogens is 371 g/mol. The maximum Gasteiger partial charge on any atom is 0.257 e. The lowest BCUT2D eigenvalue weighted by molar-refractivity contribution is -0.114. The number of benzene rings is 2. The van der Waals surface area contributed by atoms with Crippen LogP contribution in [0.5, 0.6) is 5.75 Å². The Hall–Kier alpha value is -2.56. The molecule has 3 aromatic rings. The third-order valence-electron chi connectivity index (χ3n) is 3.76. The van der Waals surface area contributed by atoms with Gasteiger partial charge in [0, 0.05) is 16.8 Å². The van der Waals surface area contributed by atoms with E-state index in [9.17, 15) is 4.79 Å². The van der Waals surface area contributed by atoms with Crippen LogP contribution in [0.1, 0.15) is 0 Å². The molecule has 3 rings (SSSR count). The van der Waals surface area contributed by atoms with Gasteiger partial charge in [-0.05, 0) is 48.5 Å². The Morgan fingerprint density at radius 1 is 0.962 bits per heavy atom. The van der Waals surface area contributed by atoms with E-state index < -0.39 is 10.7 Å². The first-order chi connectivity index (χ1) is 12.6. The molecule has 4 nitrogen and oxygen atoms in total. The number of alkyl halides is 2. The Bertz CT molecular complexity index is 912. The van der Waals surface area contributed by atoms with E-state index in [-0.39, 0.29) is 0 Å². The minimum atomic E-state index is -1.12. The van der Waals surface area contributed by atoms with E-state index >= 15 is 0 Å². The summed E-state index contributed by atoms with van der Waals surface area (Å²) < 4.78 is 5.19. The lowest BCUT2D eigenvalue weighted by Crippen LogP contribution is -2.18. The van der Waals surface area contributed by atoms with Crippen LogP contribution in [0.25, 0.3) is 22.5 Å². The number of hydrogen-bond donors (Lipinski definition) is 1. The molecule has 0 bridgehead atoms. The maximum absolute atomic E-state index is 11.7. The van der Waals surface area contributed by atoms with Gasteiger partial charge in [-0.15, -0.1) is 0 Å². The molecule has 1 amide bonds. The summed E-state index contributed by atoms with van der Waals surface area (Å²) in [5.41, 5.74) is 4.11. The van der Waals surface area contributed by atoms with Gasteiger partial charge in [0.25, 0.3) is 5.91 Å². The lowest BCUT2D eigenvalue weighted by Gasteiger charge is -2.09. The summed E-state index contributed by atoms with van der Waals surface area (Å²) >= 11 is 11.2. The fourth-order valence-corrected chi connectivity index (χ4v) is 2.58. The van der Waals surface area contributed by atoms with Gasteiger partial charge >= 0.3 is 0 Å². The van der Waals surface area contributed by atoms with Crippen LogP contribution in [0.2, 0.25) is 0 Å². The van der Waals surface area contributed by atoms with E-state index in [4.69, 9.17) is 32.9 Å². The Morgan fingerprint density at radius 3 is 2.27 bits per heavy atom. The zero-order valence-corrected chi connectivity index (χ0v) is 15.5. The molecule has 6 heteroatoms. The summed E-state index contributed by atoms with van der Waals surface area (Å²) in [6.07, 6.45) is 0. The van der Waals surface area contributed by atoms with Gasteiger partial charge in [0.15, 0.2) is 4.84 Å². The fourth-order valence-electron chi connectivity index (χ4n) is 2.47. The van der Waals surface area contributed by atoms with Crippen molar-refractivity contribution in [2.45, 2.75) is 4.84 Å². The van der Waals surface area contributed by atoms with Crippen LogP contribution in [0.3, 0.4) is 0 Å². The van der Waals surface area contributed by atoms with Crippen molar-refractivity contribution in [1.82, 2.24) is 4.98 Å². The maximum atomic E-state index is 11.7. The molecule has 26 heavy (non-hydrogen) atoms. The van der Waals surface area contributed by atoms with Crippen molar-refractivity contribution in [3.05, 3.63) is 66.7 Å². The summed E-state index contributed by atoms with van der Waals surface area (Å²) in [6, 6.07) is 20.9. The topological polar surface area (TPSA) is 51.2 Å². The van der Waals surface area contributed by atoms with E-state index in [2.05, 4.69) is 5.32 Å². The summed E-state index contributed by atoms with van der Waals surface area (Å²) in [7, 11) is 1.64. The molecule has 0 radical (unpaired) electrons. The van der Waals surface area contributed by atoms with Crippen molar-refractivity contribution in [3.8, 4) is 28.3 Å². The van der Waals surface area contributed by atoms with Crippen LogP contribution in [-0.4, -0.2) is 22.8 Å². The monoisotopic (exact) mass is 386 g/mol. The number of halogens is 2. The third-order valence-corrected chi connectivity index (χ3v) is 4.16. The number of hydrogen-bond acceptors (Lipinski definition) is 3. The van der Waals surface area contributed by atoms with Crippen LogP contribution >= 0.6 is 23.2 Å². The highest BCUT2D eigenvalue weighted by atomic mass is 35.5. The van der Waals surface area contributed by atoms with E-state index in [1.165, 1.54) is 0 Å². The van der Waals surface area contributed by atoms with Gasteiger partial charge < -0.3 is 10.1 Å². The number of carbonyl (C=O) groups is 1. The first-order valence-electron chi connectivity index (χ1n) is 7.88. The van der Waals surface area contributed by atoms with E-state index in [0.717, 1.165) is 28.3 Å². The molecule has 0 saturated carbocycles. The van der Waals surface area contributed by atoms with Gasteiger partial charge in [-0.3, -0.25) is 4.79 Å². The first-order valence-corrected chi connectivity index (χ1v) is 8.75. The van der Waals surface area contributed by atoms with Crippen molar-refractivity contribution in [1.29, 1.82) is 0 Å². The van der Waals surface area contributed by atoms with Crippen molar-refractivity contribution in [3.63, 3.8) is 0 Å². The Morgan fingerprint density at radius 2 is 1.62 bits per heavy atom. The molecule has 0 aliphatic carbocycles. The molecular formula is C20H16Cl2N2O2. The second kappa shape index (κ2) is 8.21. The number of amides is 1. The van der Waals surface area contributed by atoms with Gasteiger partial charge in [0.05, 0.1) is 18.5 Å². The van der Waals surface area contributed by atoms with E-state index in [0.29, 0.717) is 5.69 Å². The van der Waals surface area contributed by atoms with Gasteiger partial charge in [-0.25, -0.2) is 4.98 Å². The number of nitrogens with zero attached hydrogens (tertiary/aromatic N) is 1. The van der Waals surface area contributed by atoms with Crippen LogP contribution in [-0.2, 0) is 4.79 Å². The van der Waals surface area contributed by atoms with Crippen LogP contribution in [0.15, 0.2) is 66.7 Å². The summed E-state index contributed by atoms with van der Waals surface area (Å²) in [4.78, 5) is 15.3. The smallest absolute Gasteiger partial charge is 0.257 e. The number of carbonyl (C=O) groups excluding carboxylic acids is 1. The van der Waals surface area contributed by atoms with Crippen molar-refractivity contribution in [2.24, 2.45) is 0 Å². The van der Waals surface area contributed by atoms with E-state index in [1.54, 1.807) is 13.2 Å². The number of methoxy groups -OCH3 is 1. The number of pyridine rings is 1. The minimum absolute atomic E-state index is 0.467. The predicted molar refractivity (Wildman–Crippen MR) is 106 cm³/mol. The fraction of sp³-hybridized carbons (Fsp3) is 0.100. The van der Waals surface area contributed by atoms with Gasteiger partial charge in [0.2, 0.25) is 0 Å². The number of anilines is 1. The van der Waals surface area contributed by atoms with Crippen LogP contribution in [0, 0.1) is 0 Å². The number of nitrogens with one attached hydrogen (secondary N) is 1. The number of aromatic nitrogens is 1. The highest BCUT2D eigenvalue weighted by molar-refractivity contribution is 6.54. The SMILES string of the molecule is COc1ccc(-c2cccc(-c3cccc(NC(=O)C(Cl)Cl)c3)n2)cc1. The zero-order valence-electron chi connectivity index (χ0n) is 13.9. The Kier molecular flexibility index (Phi) is 5.76. The van der Waals surface area contributed by atoms with Crippen LogP contribution in [0.4, 0.5) is 5.69 Å². The molecule has 0 aliphatic heterocycles. The third kappa shape index (κ3) is 4.34.